The molecule has 2 rings (SSSR count). The molecule has 0 aromatic heterocycles. The molecule has 0 fully saturated rings. The quantitative estimate of drug-likeness (QED) is 0.637. The lowest BCUT2D eigenvalue weighted by molar-refractivity contribution is 0.305. The first-order chi connectivity index (χ1) is 9.04. The molecule has 0 radical (unpaired) electrons. The summed E-state index contributed by atoms with van der Waals surface area (Å²) in [7, 11) is -9.60. The third kappa shape index (κ3) is 3.86. The predicted octanol–water partition coefficient (Wildman–Crippen LogP) is 5.92. The van der Waals surface area contributed by atoms with E-state index < -0.39 is 15.1 Å². The van der Waals surface area contributed by atoms with Gasteiger partial charge in [-0.2, -0.15) is 0 Å². The average molecular weight is 310 g/mol. The SMILES string of the molecule is FS(F)(F)(F)(F)c1ccc(OCc2ccccc2)cc1. The molecule has 0 aliphatic heterocycles. The molecule has 1 nitrogen and oxygen atoms in total. The summed E-state index contributed by atoms with van der Waals surface area (Å²) in [5.41, 5.74) is 0.823. The lowest BCUT2D eigenvalue weighted by Crippen LogP contribution is -2.05. The Morgan fingerprint density at radius 2 is 1.30 bits per heavy atom. The summed E-state index contributed by atoms with van der Waals surface area (Å²) in [5, 5.41) is 0. The fraction of sp³-hybridized carbons (Fsp3) is 0.0769. The van der Waals surface area contributed by atoms with E-state index in [9.17, 15) is 19.4 Å². The summed E-state index contributed by atoms with van der Waals surface area (Å²) in [6, 6.07) is 11.4. The van der Waals surface area contributed by atoms with Crippen molar-refractivity contribution >= 4 is 10.2 Å². The zero-order valence-electron chi connectivity index (χ0n) is 10.1. The second-order valence-corrected chi connectivity index (χ2v) is 6.62. The van der Waals surface area contributed by atoms with Gasteiger partial charge in [-0.3, -0.25) is 0 Å². The molecular weight excluding hydrogens is 299 g/mol. The van der Waals surface area contributed by atoms with Crippen LogP contribution in [0.1, 0.15) is 5.56 Å². The van der Waals surface area contributed by atoms with Gasteiger partial charge in [0, 0.05) is 0 Å². The van der Waals surface area contributed by atoms with E-state index in [-0.39, 0.29) is 12.4 Å². The van der Waals surface area contributed by atoms with Crippen molar-refractivity contribution in [2.45, 2.75) is 11.5 Å². The molecule has 110 valence electrons. The van der Waals surface area contributed by atoms with Crippen LogP contribution < -0.4 is 4.74 Å². The normalized spacial score (nSPS) is 15.2. The van der Waals surface area contributed by atoms with Crippen LogP contribution in [0.4, 0.5) is 19.4 Å². The first-order valence-electron chi connectivity index (χ1n) is 5.55. The molecule has 0 atom stereocenters. The van der Waals surface area contributed by atoms with Gasteiger partial charge in [-0.05, 0) is 29.8 Å². The van der Waals surface area contributed by atoms with Gasteiger partial charge in [0.15, 0.2) is 0 Å². The van der Waals surface area contributed by atoms with Gasteiger partial charge in [0.2, 0.25) is 0 Å². The second-order valence-electron chi connectivity index (χ2n) is 4.21. The molecule has 20 heavy (non-hydrogen) atoms. The van der Waals surface area contributed by atoms with E-state index in [1.54, 1.807) is 24.3 Å². The van der Waals surface area contributed by atoms with Crippen LogP contribution in [0.3, 0.4) is 0 Å². The zero-order valence-corrected chi connectivity index (χ0v) is 10.9. The lowest BCUT2D eigenvalue weighted by atomic mass is 10.2. The maximum Gasteiger partial charge on any atom is 0.310 e. The number of hydrogen-bond donors (Lipinski definition) is 0. The number of rotatable bonds is 4. The van der Waals surface area contributed by atoms with Gasteiger partial charge in [0.05, 0.1) is 0 Å². The van der Waals surface area contributed by atoms with E-state index in [0.717, 1.165) is 17.7 Å². The van der Waals surface area contributed by atoms with Crippen molar-refractivity contribution in [3.05, 3.63) is 60.2 Å². The highest BCUT2D eigenvalue weighted by molar-refractivity contribution is 8.45. The van der Waals surface area contributed by atoms with Gasteiger partial charge in [-0.15, -0.1) is 0 Å². The summed E-state index contributed by atoms with van der Waals surface area (Å²) >= 11 is 0. The van der Waals surface area contributed by atoms with Gasteiger partial charge in [-0.1, -0.05) is 49.8 Å². The minimum Gasteiger partial charge on any atom is -0.489 e. The average Bonchev–Trinajstić information content (AvgIpc) is 2.35. The third-order valence-electron chi connectivity index (χ3n) is 2.52. The minimum absolute atomic E-state index is 0.0967. The summed E-state index contributed by atoms with van der Waals surface area (Å²) in [6.07, 6.45) is 0. The fourth-order valence-electron chi connectivity index (χ4n) is 1.53. The van der Waals surface area contributed by atoms with E-state index in [0.29, 0.717) is 12.1 Å². The molecule has 0 aliphatic rings. The van der Waals surface area contributed by atoms with Gasteiger partial charge in [-0.25, -0.2) is 0 Å². The van der Waals surface area contributed by atoms with E-state index in [1.165, 1.54) is 0 Å². The number of hydrogen-bond acceptors (Lipinski definition) is 1. The van der Waals surface area contributed by atoms with E-state index in [4.69, 9.17) is 4.74 Å². The summed E-state index contributed by atoms with van der Waals surface area (Å²) < 4.78 is 67.7. The molecule has 2 aromatic carbocycles. The highest BCUT2D eigenvalue weighted by Crippen LogP contribution is 3.02. The molecule has 0 spiro atoms. The third-order valence-corrected chi connectivity index (χ3v) is 3.68. The Balaban J connectivity index is 2.11. The van der Waals surface area contributed by atoms with Crippen LogP contribution in [0.2, 0.25) is 0 Å². The Kier molecular flexibility index (Phi) is 3.01. The van der Waals surface area contributed by atoms with E-state index >= 15 is 0 Å². The van der Waals surface area contributed by atoms with Gasteiger partial charge >= 0.3 is 10.2 Å². The van der Waals surface area contributed by atoms with Gasteiger partial charge in [0.1, 0.15) is 17.3 Å². The molecule has 0 saturated heterocycles. The molecule has 7 heteroatoms. The first kappa shape index (κ1) is 14.6. The van der Waals surface area contributed by atoms with Crippen molar-refractivity contribution in [1.82, 2.24) is 0 Å². The minimum atomic E-state index is -9.60. The molecule has 0 saturated carbocycles. The molecule has 0 amide bonds. The first-order valence-corrected chi connectivity index (χ1v) is 7.51. The summed E-state index contributed by atoms with van der Waals surface area (Å²) in [4.78, 5) is -1.92. The van der Waals surface area contributed by atoms with Crippen LogP contribution in [-0.4, -0.2) is 0 Å². The number of ether oxygens (including phenoxy) is 1. The van der Waals surface area contributed by atoms with Crippen molar-refractivity contribution in [1.29, 1.82) is 0 Å². The van der Waals surface area contributed by atoms with Crippen LogP contribution in [0.15, 0.2) is 59.5 Å². The Bertz CT molecular complexity index is 592. The molecule has 0 aliphatic carbocycles. The van der Waals surface area contributed by atoms with Crippen molar-refractivity contribution in [3.63, 3.8) is 0 Å². The monoisotopic (exact) mass is 310 g/mol. The Hall–Kier alpha value is -1.76. The topological polar surface area (TPSA) is 9.23 Å². The molecular formula is C13H11F5OS. The standard InChI is InChI=1S/C13H11F5OS/c14-20(15,16,17,18)13-8-6-12(7-9-13)19-10-11-4-2-1-3-5-11/h1-9H,10H2. The highest BCUT2D eigenvalue weighted by Gasteiger charge is 2.65. The predicted molar refractivity (Wildman–Crippen MR) is 68.6 cm³/mol. The van der Waals surface area contributed by atoms with Crippen LogP contribution in [0.5, 0.6) is 5.75 Å². The maximum absolute atomic E-state index is 12.5. The smallest absolute Gasteiger partial charge is 0.310 e. The van der Waals surface area contributed by atoms with Crippen LogP contribution in [-0.2, 0) is 6.61 Å². The van der Waals surface area contributed by atoms with Crippen LogP contribution in [0.25, 0.3) is 0 Å². The van der Waals surface area contributed by atoms with Crippen LogP contribution >= 0.6 is 10.2 Å². The van der Waals surface area contributed by atoms with Crippen LogP contribution in [0, 0.1) is 0 Å². The highest BCUT2D eigenvalue weighted by atomic mass is 32.5. The fourth-order valence-corrected chi connectivity index (χ4v) is 2.18. The van der Waals surface area contributed by atoms with E-state index in [1.807, 2.05) is 6.07 Å². The van der Waals surface area contributed by atoms with Crippen molar-refractivity contribution < 1.29 is 24.2 Å². The Labute approximate surface area is 112 Å². The largest absolute Gasteiger partial charge is 0.489 e. The van der Waals surface area contributed by atoms with Crippen molar-refractivity contribution in [2.75, 3.05) is 0 Å². The second kappa shape index (κ2) is 4.12. The van der Waals surface area contributed by atoms with Gasteiger partial charge in [0.25, 0.3) is 0 Å². The van der Waals surface area contributed by atoms with Crippen molar-refractivity contribution in [2.24, 2.45) is 0 Å². The summed E-state index contributed by atoms with van der Waals surface area (Å²) in [6.45, 7) is 0.149. The molecule has 0 unspecified atom stereocenters. The number of halogens is 5. The molecule has 0 N–H and O–H groups in total. The number of benzene rings is 2. The van der Waals surface area contributed by atoms with E-state index in [2.05, 4.69) is 0 Å². The zero-order chi connectivity index (χ0) is 14.9. The van der Waals surface area contributed by atoms with Gasteiger partial charge < -0.3 is 4.74 Å². The molecule has 0 heterocycles. The van der Waals surface area contributed by atoms with Crippen molar-refractivity contribution in [3.8, 4) is 5.75 Å². The lowest BCUT2D eigenvalue weighted by Gasteiger charge is -2.40. The maximum atomic E-state index is 12.5. The Morgan fingerprint density at radius 3 is 1.80 bits per heavy atom. The summed E-state index contributed by atoms with van der Waals surface area (Å²) in [5.74, 6) is 0.0967. The Morgan fingerprint density at radius 1 is 0.750 bits per heavy atom. The molecule has 2 aromatic rings. The molecule has 0 bridgehead atoms.